The van der Waals surface area contributed by atoms with Crippen LogP contribution in [0.2, 0.25) is 0 Å². The third kappa shape index (κ3) is 3.96. The molecule has 1 aromatic carbocycles. The molecule has 1 fully saturated rings. The highest BCUT2D eigenvalue weighted by molar-refractivity contribution is 5.85. The van der Waals surface area contributed by atoms with Gasteiger partial charge in [-0.3, -0.25) is 19.8 Å². The molecule has 0 bridgehead atoms. The summed E-state index contributed by atoms with van der Waals surface area (Å²) >= 11 is 0. The molecule has 2 rings (SSSR count). The third-order valence-electron chi connectivity index (χ3n) is 4.22. The van der Waals surface area contributed by atoms with Gasteiger partial charge in [-0.1, -0.05) is 18.2 Å². The molecule has 3 atom stereocenters. The summed E-state index contributed by atoms with van der Waals surface area (Å²) in [5.74, 6) is -5.06. The second-order valence-corrected chi connectivity index (χ2v) is 5.54. The van der Waals surface area contributed by atoms with Gasteiger partial charge in [-0.05, 0) is 6.92 Å². The maximum atomic E-state index is 13.0. The first-order valence-electron chi connectivity index (χ1n) is 6.89. The molecular formula is C14H16ClF3N2O4. The van der Waals surface area contributed by atoms with Crippen LogP contribution in [0.3, 0.4) is 0 Å². The van der Waals surface area contributed by atoms with E-state index in [9.17, 15) is 28.1 Å². The number of benzene rings is 1. The van der Waals surface area contributed by atoms with Crippen LogP contribution in [0.1, 0.15) is 18.5 Å². The molecule has 0 spiro atoms. The van der Waals surface area contributed by atoms with Gasteiger partial charge in [-0.25, -0.2) is 0 Å². The summed E-state index contributed by atoms with van der Waals surface area (Å²) in [6.45, 7) is 0.750. The van der Waals surface area contributed by atoms with Crippen LogP contribution >= 0.6 is 12.4 Å². The molecule has 134 valence electrons. The first-order chi connectivity index (χ1) is 10.6. The third-order valence-corrected chi connectivity index (χ3v) is 4.22. The molecule has 0 amide bonds. The summed E-state index contributed by atoms with van der Waals surface area (Å²) in [6, 6.07) is 5.09. The van der Waals surface area contributed by atoms with Crippen LogP contribution in [0, 0.1) is 22.0 Å². The van der Waals surface area contributed by atoms with Crippen LogP contribution in [0.15, 0.2) is 24.3 Å². The van der Waals surface area contributed by atoms with Gasteiger partial charge in [0.2, 0.25) is 0 Å². The minimum Gasteiger partial charge on any atom is -0.481 e. The molecule has 1 N–H and O–H groups in total. The van der Waals surface area contributed by atoms with Crippen LogP contribution in [0.25, 0.3) is 0 Å². The molecular weight excluding hydrogens is 353 g/mol. The molecule has 0 aliphatic carbocycles. The average Bonchev–Trinajstić information content (AvgIpc) is 2.92. The fourth-order valence-electron chi connectivity index (χ4n) is 2.94. The van der Waals surface area contributed by atoms with E-state index in [1.54, 1.807) is 13.0 Å². The number of carboxylic acids is 1. The highest BCUT2D eigenvalue weighted by Gasteiger charge is 2.53. The van der Waals surface area contributed by atoms with Gasteiger partial charge in [0, 0.05) is 30.8 Å². The SMILES string of the molecule is CC(c1ccccc1[N+](=O)[O-])N1C[C@@H](C(F)(F)F)[C@H](C(=O)O)C1.Cl. The first kappa shape index (κ1) is 20.2. The molecule has 1 aliphatic rings. The fourth-order valence-corrected chi connectivity index (χ4v) is 2.94. The predicted molar refractivity (Wildman–Crippen MR) is 81.0 cm³/mol. The number of hydrogen-bond acceptors (Lipinski definition) is 4. The van der Waals surface area contributed by atoms with Crippen LogP contribution in [0.5, 0.6) is 0 Å². The van der Waals surface area contributed by atoms with Crippen molar-refractivity contribution in [2.24, 2.45) is 11.8 Å². The molecule has 1 unspecified atom stereocenters. The van der Waals surface area contributed by atoms with Gasteiger partial charge in [-0.2, -0.15) is 13.2 Å². The zero-order valence-corrected chi connectivity index (χ0v) is 13.4. The molecule has 0 radical (unpaired) electrons. The maximum Gasteiger partial charge on any atom is 0.393 e. The Balaban J connectivity index is 0.00000288. The lowest BCUT2D eigenvalue weighted by Crippen LogP contribution is -2.33. The monoisotopic (exact) mass is 368 g/mol. The molecule has 10 heteroatoms. The van der Waals surface area contributed by atoms with Crippen molar-refractivity contribution in [1.82, 2.24) is 4.90 Å². The van der Waals surface area contributed by atoms with E-state index in [1.807, 2.05) is 0 Å². The summed E-state index contributed by atoms with van der Waals surface area (Å²) < 4.78 is 39.1. The Morgan fingerprint density at radius 1 is 1.38 bits per heavy atom. The zero-order valence-electron chi connectivity index (χ0n) is 12.6. The number of halogens is 4. The van der Waals surface area contributed by atoms with Gasteiger partial charge in [0.25, 0.3) is 5.69 Å². The van der Waals surface area contributed by atoms with E-state index in [4.69, 9.17) is 5.11 Å². The lowest BCUT2D eigenvalue weighted by atomic mass is 9.96. The number of hydrogen-bond donors (Lipinski definition) is 1. The molecule has 0 saturated carbocycles. The van der Waals surface area contributed by atoms with Gasteiger partial charge < -0.3 is 5.11 Å². The largest absolute Gasteiger partial charge is 0.481 e. The first-order valence-corrected chi connectivity index (χ1v) is 6.89. The van der Waals surface area contributed by atoms with Gasteiger partial charge in [0.15, 0.2) is 0 Å². The molecule has 1 heterocycles. The van der Waals surface area contributed by atoms with Crippen LogP contribution in [-0.4, -0.2) is 40.2 Å². The Labute approximate surface area is 141 Å². The summed E-state index contributed by atoms with van der Waals surface area (Å²) in [5.41, 5.74) is 0.0757. The summed E-state index contributed by atoms with van der Waals surface area (Å²) in [7, 11) is 0. The molecule has 6 nitrogen and oxygen atoms in total. The van der Waals surface area contributed by atoms with Crippen molar-refractivity contribution in [2.75, 3.05) is 13.1 Å². The summed E-state index contributed by atoms with van der Waals surface area (Å²) in [5, 5.41) is 20.1. The highest BCUT2D eigenvalue weighted by atomic mass is 35.5. The summed E-state index contributed by atoms with van der Waals surface area (Å²) in [4.78, 5) is 22.9. The van der Waals surface area contributed by atoms with Crippen LogP contribution < -0.4 is 0 Å². The Bertz CT molecular complexity index is 626. The summed E-state index contributed by atoms with van der Waals surface area (Å²) in [6.07, 6.45) is -4.62. The van der Waals surface area contributed by atoms with Gasteiger partial charge in [-0.15, -0.1) is 12.4 Å². The van der Waals surface area contributed by atoms with Crippen molar-refractivity contribution in [3.8, 4) is 0 Å². The topological polar surface area (TPSA) is 83.7 Å². The molecule has 0 aromatic heterocycles. The standard InChI is InChI=1S/C14H15F3N2O4.ClH/c1-8(9-4-2-3-5-12(9)19(22)23)18-6-10(13(20)21)11(7-18)14(15,16)17;/h2-5,8,10-11H,6-7H2,1H3,(H,20,21);1H/t8?,10-,11-;/m1./s1. The van der Waals surface area contributed by atoms with Crippen molar-refractivity contribution < 1.29 is 28.0 Å². The number of aliphatic carboxylic acids is 1. The van der Waals surface area contributed by atoms with E-state index in [2.05, 4.69) is 0 Å². The molecule has 1 saturated heterocycles. The average molecular weight is 369 g/mol. The molecule has 1 aromatic rings. The normalized spacial score (nSPS) is 22.7. The predicted octanol–water partition coefficient (Wildman–Crippen LogP) is 3.27. The molecule has 1 aliphatic heterocycles. The Hall–Kier alpha value is -1.87. The quantitative estimate of drug-likeness (QED) is 0.651. The number of likely N-dealkylation sites (tertiary alicyclic amines) is 1. The van der Waals surface area contributed by atoms with E-state index in [0.29, 0.717) is 0 Å². The Morgan fingerprint density at radius 2 is 1.96 bits per heavy atom. The smallest absolute Gasteiger partial charge is 0.393 e. The number of rotatable bonds is 4. The number of para-hydroxylation sites is 1. The van der Waals surface area contributed by atoms with Gasteiger partial charge >= 0.3 is 12.1 Å². The maximum absolute atomic E-state index is 13.0. The number of alkyl halides is 3. The van der Waals surface area contributed by atoms with Gasteiger partial charge in [0.1, 0.15) is 0 Å². The Kier molecular flexibility index (Phi) is 6.18. The van der Waals surface area contributed by atoms with Crippen molar-refractivity contribution >= 4 is 24.1 Å². The van der Waals surface area contributed by atoms with E-state index in [-0.39, 0.29) is 30.2 Å². The second kappa shape index (κ2) is 7.35. The van der Waals surface area contributed by atoms with Gasteiger partial charge in [0.05, 0.1) is 16.8 Å². The van der Waals surface area contributed by atoms with Crippen molar-refractivity contribution in [1.29, 1.82) is 0 Å². The van der Waals surface area contributed by atoms with Crippen molar-refractivity contribution in [3.63, 3.8) is 0 Å². The minimum atomic E-state index is -4.62. The number of nitrogens with zero attached hydrogens (tertiary/aromatic N) is 2. The highest BCUT2D eigenvalue weighted by Crippen LogP contribution is 2.41. The lowest BCUT2D eigenvalue weighted by Gasteiger charge is -2.24. The van der Waals surface area contributed by atoms with E-state index in [1.165, 1.54) is 23.1 Å². The lowest BCUT2D eigenvalue weighted by molar-refractivity contribution is -0.386. The molecule has 24 heavy (non-hydrogen) atoms. The van der Waals surface area contributed by atoms with Crippen LogP contribution in [0.4, 0.5) is 18.9 Å². The second-order valence-electron chi connectivity index (χ2n) is 5.54. The fraction of sp³-hybridized carbons (Fsp3) is 0.500. The number of nitro benzene ring substituents is 1. The number of carboxylic acid groups (broad SMARTS) is 1. The van der Waals surface area contributed by atoms with Crippen molar-refractivity contribution in [3.05, 3.63) is 39.9 Å². The van der Waals surface area contributed by atoms with E-state index >= 15 is 0 Å². The minimum absolute atomic E-state index is 0. The number of carbonyl (C=O) groups is 1. The Morgan fingerprint density at radius 3 is 2.42 bits per heavy atom. The van der Waals surface area contributed by atoms with Crippen LogP contribution in [-0.2, 0) is 4.79 Å². The van der Waals surface area contributed by atoms with E-state index < -0.39 is 41.5 Å². The zero-order chi connectivity index (χ0) is 17.4. The van der Waals surface area contributed by atoms with Crippen molar-refractivity contribution in [2.45, 2.75) is 19.1 Å². The van der Waals surface area contributed by atoms with E-state index in [0.717, 1.165) is 0 Å². The number of nitro groups is 1.